The first-order valence-corrected chi connectivity index (χ1v) is 7.09. The van der Waals surface area contributed by atoms with Gasteiger partial charge in [-0.3, -0.25) is 9.97 Å². The molecule has 22 heavy (non-hydrogen) atoms. The molecule has 4 nitrogen and oxygen atoms in total. The van der Waals surface area contributed by atoms with E-state index in [4.69, 9.17) is 0 Å². The van der Waals surface area contributed by atoms with Crippen LogP contribution < -0.4 is 21.5 Å². The van der Waals surface area contributed by atoms with E-state index in [0.29, 0.717) is 0 Å². The largest absolute Gasteiger partial charge is 1.00 e. The van der Waals surface area contributed by atoms with Crippen LogP contribution in [0.25, 0.3) is 0 Å². The van der Waals surface area contributed by atoms with Crippen molar-refractivity contribution < 1.29 is 21.5 Å². The van der Waals surface area contributed by atoms with Crippen LogP contribution in [0.4, 0.5) is 0 Å². The summed E-state index contributed by atoms with van der Waals surface area (Å²) in [6, 6.07) is 12.2. The van der Waals surface area contributed by atoms with Crippen molar-refractivity contribution in [1.82, 2.24) is 14.5 Å². The fraction of sp³-hybridized carbons (Fsp3) is 0.235. The second kappa shape index (κ2) is 7.31. The Morgan fingerprint density at radius 3 is 2.27 bits per heavy atom. The van der Waals surface area contributed by atoms with Crippen LogP contribution in [-0.4, -0.2) is 14.5 Å². The van der Waals surface area contributed by atoms with Gasteiger partial charge in [-0.15, -0.1) is 0 Å². The Kier molecular flexibility index (Phi) is 5.44. The molecule has 3 aromatic heterocycles. The van der Waals surface area contributed by atoms with Gasteiger partial charge in [0.15, 0.2) is 0 Å². The van der Waals surface area contributed by atoms with Gasteiger partial charge in [0.1, 0.15) is 25.5 Å². The van der Waals surface area contributed by atoms with Gasteiger partial charge in [0.25, 0.3) is 0 Å². The van der Waals surface area contributed by atoms with E-state index >= 15 is 0 Å². The topological polar surface area (TPSA) is 34.6 Å². The Labute approximate surface area is 141 Å². The van der Waals surface area contributed by atoms with Gasteiger partial charge in [-0.05, 0) is 38.1 Å². The van der Waals surface area contributed by atoms with Crippen LogP contribution >= 0.6 is 0 Å². The summed E-state index contributed by atoms with van der Waals surface area (Å²) in [5.41, 5.74) is 4.26. The molecule has 0 aliphatic carbocycles. The van der Waals surface area contributed by atoms with Crippen molar-refractivity contribution in [2.24, 2.45) is 0 Å². The van der Waals surface area contributed by atoms with Gasteiger partial charge in [-0.1, -0.05) is 12.1 Å². The second-order valence-electron chi connectivity index (χ2n) is 5.30. The molecular formula is C17H19BrN4. The summed E-state index contributed by atoms with van der Waals surface area (Å²) in [5, 5.41) is 0. The molecule has 0 bridgehead atoms. The summed E-state index contributed by atoms with van der Waals surface area (Å²) in [7, 11) is 0. The van der Waals surface area contributed by atoms with Crippen LogP contribution in [0, 0.1) is 13.8 Å². The van der Waals surface area contributed by atoms with E-state index in [2.05, 4.69) is 50.0 Å². The summed E-state index contributed by atoms with van der Waals surface area (Å²) < 4.78 is 4.27. The van der Waals surface area contributed by atoms with Gasteiger partial charge in [-0.25, -0.2) is 9.13 Å². The van der Waals surface area contributed by atoms with Gasteiger partial charge in [0.05, 0.1) is 11.4 Å². The molecule has 0 fully saturated rings. The van der Waals surface area contributed by atoms with Crippen molar-refractivity contribution in [1.29, 1.82) is 0 Å². The molecule has 3 aromatic rings. The van der Waals surface area contributed by atoms with Crippen molar-refractivity contribution in [2.45, 2.75) is 26.9 Å². The van der Waals surface area contributed by atoms with Gasteiger partial charge in [0, 0.05) is 11.4 Å². The maximum Gasteiger partial charge on any atom is 0.244 e. The summed E-state index contributed by atoms with van der Waals surface area (Å²) >= 11 is 0. The van der Waals surface area contributed by atoms with Crippen LogP contribution in [0.15, 0.2) is 55.1 Å². The molecule has 0 amide bonds. The third-order valence-electron chi connectivity index (χ3n) is 3.33. The number of hydrogen-bond acceptors (Lipinski definition) is 2. The van der Waals surface area contributed by atoms with Crippen LogP contribution in [0.1, 0.15) is 22.8 Å². The van der Waals surface area contributed by atoms with E-state index in [0.717, 1.165) is 35.9 Å². The van der Waals surface area contributed by atoms with E-state index in [9.17, 15) is 0 Å². The number of imidazole rings is 1. The van der Waals surface area contributed by atoms with Crippen molar-refractivity contribution in [2.75, 3.05) is 0 Å². The van der Waals surface area contributed by atoms with E-state index < -0.39 is 0 Å². The van der Waals surface area contributed by atoms with Gasteiger partial charge in [0.2, 0.25) is 6.33 Å². The lowest BCUT2D eigenvalue weighted by Gasteiger charge is -1.99. The highest BCUT2D eigenvalue weighted by Crippen LogP contribution is 2.01. The summed E-state index contributed by atoms with van der Waals surface area (Å²) in [5.74, 6) is 0. The molecule has 5 heteroatoms. The molecule has 0 N–H and O–H groups in total. The quantitative estimate of drug-likeness (QED) is 0.577. The predicted molar refractivity (Wildman–Crippen MR) is 80.8 cm³/mol. The molecule has 0 spiro atoms. The average Bonchev–Trinajstić information content (AvgIpc) is 2.86. The van der Waals surface area contributed by atoms with Crippen LogP contribution in [-0.2, 0) is 13.1 Å². The Bertz CT molecular complexity index is 690. The van der Waals surface area contributed by atoms with Gasteiger partial charge >= 0.3 is 0 Å². The maximum absolute atomic E-state index is 4.53. The lowest BCUT2D eigenvalue weighted by Crippen LogP contribution is -3.00. The predicted octanol–water partition coefficient (Wildman–Crippen LogP) is -0.717. The molecule has 3 rings (SSSR count). The van der Waals surface area contributed by atoms with E-state index in [1.807, 2.05) is 38.1 Å². The Morgan fingerprint density at radius 2 is 1.59 bits per heavy atom. The molecule has 0 radical (unpaired) electrons. The van der Waals surface area contributed by atoms with E-state index in [-0.39, 0.29) is 17.0 Å². The SMILES string of the molecule is Cc1cccc(Cn2cc[n+](Cc3cccc(C)n3)c2)n1.[Br-]. The molecule has 0 saturated heterocycles. The molecule has 114 valence electrons. The van der Waals surface area contributed by atoms with E-state index in [1.165, 1.54) is 0 Å². The highest BCUT2D eigenvalue weighted by molar-refractivity contribution is 5.10. The Morgan fingerprint density at radius 1 is 0.955 bits per heavy atom. The summed E-state index contributed by atoms with van der Waals surface area (Å²) in [6.45, 7) is 5.61. The first-order valence-electron chi connectivity index (χ1n) is 7.09. The second-order valence-corrected chi connectivity index (χ2v) is 5.30. The number of aromatic nitrogens is 4. The maximum atomic E-state index is 4.53. The highest BCUT2D eigenvalue weighted by Gasteiger charge is 2.07. The normalized spacial score (nSPS) is 10.3. The zero-order chi connectivity index (χ0) is 14.7. The lowest BCUT2D eigenvalue weighted by atomic mass is 10.3. The molecular weight excluding hydrogens is 340 g/mol. The molecule has 0 saturated carbocycles. The molecule has 3 heterocycles. The van der Waals surface area contributed by atoms with Gasteiger partial charge < -0.3 is 17.0 Å². The number of aryl methyl sites for hydroxylation is 2. The number of nitrogens with zero attached hydrogens (tertiary/aromatic N) is 4. The van der Waals surface area contributed by atoms with E-state index in [1.54, 1.807) is 0 Å². The monoisotopic (exact) mass is 358 g/mol. The van der Waals surface area contributed by atoms with Crippen molar-refractivity contribution in [3.63, 3.8) is 0 Å². The minimum absolute atomic E-state index is 0. The smallest absolute Gasteiger partial charge is 0.244 e. The fourth-order valence-corrected chi connectivity index (χ4v) is 2.38. The molecule has 0 aliphatic rings. The van der Waals surface area contributed by atoms with Crippen molar-refractivity contribution >= 4 is 0 Å². The molecule has 0 aliphatic heterocycles. The number of halogens is 1. The van der Waals surface area contributed by atoms with Crippen LogP contribution in [0.5, 0.6) is 0 Å². The zero-order valence-electron chi connectivity index (χ0n) is 12.8. The average molecular weight is 359 g/mol. The molecule has 0 aromatic carbocycles. The number of hydrogen-bond donors (Lipinski definition) is 0. The third-order valence-corrected chi connectivity index (χ3v) is 3.33. The van der Waals surface area contributed by atoms with Crippen LogP contribution in [0.3, 0.4) is 0 Å². The zero-order valence-corrected chi connectivity index (χ0v) is 14.4. The van der Waals surface area contributed by atoms with Crippen molar-refractivity contribution in [3.8, 4) is 0 Å². The standard InChI is InChI=1S/C17H19N4.BrH/c1-14-5-3-7-16(18-14)11-20-9-10-21(13-20)12-17-8-4-6-15(2)19-17;/h3-10,13H,11-12H2,1-2H3;1H/q+1;/p-1. The Hall–Kier alpha value is -2.01. The van der Waals surface area contributed by atoms with Crippen LogP contribution in [0.2, 0.25) is 0 Å². The first-order chi connectivity index (χ1) is 10.2. The third kappa shape index (κ3) is 4.24. The fourth-order valence-electron chi connectivity index (χ4n) is 2.38. The number of rotatable bonds is 4. The lowest BCUT2D eigenvalue weighted by molar-refractivity contribution is -0.688. The molecule has 0 unspecified atom stereocenters. The first kappa shape index (κ1) is 16.4. The minimum atomic E-state index is 0. The highest BCUT2D eigenvalue weighted by atomic mass is 79.9. The number of pyridine rings is 2. The summed E-state index contributed by atoms with van der Waals surface area (Å²) in [4.78, 5) is 9.06. The van der Waals surface area contributed by atoms with Crippen molar-refractivity contribution in [3.05, 3.63) is 77.9 Å². The molecule has 0 atom stereocenters. The Balaban J connectivity index is 0.00000176. The van der Waals surface area contributed by atoms with Gasteiger partial charge in [-0.2, -0.15) is 0 Å². The summed E-state index contributed by atoms with van der Waals surface area (Å²) in [6.07, 6.45) is 6.23. The minimum Gasteiger partial charge on any atom is -1.00 e.